The number of non-ortho nitro benzene ring substituents is 1. The lowest BCUT2D eigenvalue weighted by atomic mass is 10.1. The molecule has 1 fully saturated rings. The van der Waals surface area contributed by atoms with Crippen LogP contribution in [0.2, 0.25) is 0 Å². The van der Waals surface area contributed by atoms with E-state index in [-0.39, 0.29) is 41.3 Å². The summed E-state index contributed by atoms with van der Waals surface area (Å²) in [6.45, 7) is 8.22. The van der Waals surface area contributed by atoms with Gasteiger partial charge in [-0.1, -0.05) is 12.1 Å². The van der Waals surface area contributed by atoms with E-state index >= 15 is 0 Å². The van der Waals surface area contributed by atoms with Gasteiger partial charge in [0.05, 0.1) is 17.6 Å². The van der Waals surface area contributed by atoms with E-state index in [2.05, 4.69) is 36.4 Å². The largest absolute Gasteiger partial charge is 0.376 e. The smallest absolute Gasteiger partial charge is 0.269 e. The van der Waals surface area contributed by atoms with Crippen molar-refractivity contribution < 1.29 is 9.66 Å². The fraction of sp³-hybridized carbons (Fsp3) is 0.588. The van der Waals surface area contributed by atoms with E-state index in [0.29, 0.717) is 6.54 Å². The lowest BCUT2D eigenvalue weighted by Crippen LogP contribution is -2.49. The van der Waals surface area contributed by atoms with E-state index in [1.165, 1.54) is 12.1 Å². The number of nitro groups is 1. The maximum Gasteiger partial charge on any atom is 0.269 e. The van der Waals surface area contributed by atoms with Gasteiger partial charge >= 0.3 is 0 Å². The molecular weight excluding hydrogens is 435 g/mol. The van der Waals surface area contributed by atoms with E-state index in [9.17, 15) is 10.1 Å². The second kappa shape index (κ2) is 9.91. The summed E-state index contributed by atoms with van der Waals surface area (Å²) in [6.07, 6.45) is 2.41. The van der Waals surface area contributed by atoms with Gasteiger partial charge in [0.15, 0.2) is 5.96 Å². The van der Waals surface area contributed by atoms with Crippen LogP contribution in [0.3, 0.4) is 0 Å². The van der Waals surface area contributed by atoms with Crippen LogP contribution in [0.25, 0.3) is 0 Å². The molecule has 1 aliphatic heterocycles. The van der Waals surface area contributed by atoms with Gasteiger partial charge in [0.2, 0.25) is 0 Å². The van der Waals surface area contributed by atoms with Gasteiger partial charge in [-0.3, -0.25) is 10.1 Å². The second-order valence-corrected chi connectivity index (χ2v) is 6.98. The molecule has 1 aromatic carbocycles. The maximum atomic E-state index is 10.7. The van der Waals surface area contributed by atoms with Gasteiger partial charge in [0, 0.05) is 30.8 Å². The number of rotatable bonds is 5. The van der Waals surface area contributed by atoms with Gasteiger partial charge in [-0.15, -0.1) is 24.0 Å². The number of nitrogens with one attached hydrogen (secondary N) is 2. The first-order chi connectivity index (χ1) is 11.3. The van der Waals surface area contributed by atoms with Gasteiger partial charge in [-0.05, 0) is 39.2 Å². The van der Waals surface area contributed by atoms with Crippen molar-refractivity contribution >= 4 is 35.6 Å². The van der Waals surface area contributed by atoms with Crippen LogP contribution in [0.4, 0.5) is 5.69 Å². The Balaban J connectivity index is 0.00000312. The number of hydrogen-bond donors (Lipinski definition) is 2. The monoisotopic (exact) mass is 462 g/mol. The Bertz CT molecular complexity index is 579. The fourth-order valence-corrected chi connectivity index (χ4v) is 2.40. The van der Waals surface area contributed by atoms with Gasteiger partial charge in [0.1, 0.15) is 0 Å². The van der Waals surface area contributed by atoms with E-state index in [1.54, 1.807) is 12.1 Å². The van der Waals surface area contributed by atoms with Crippen molar-refractivity contribution in [3.63, 3.8) is 0 Å². The molecule has 0 bridgehead atoms. The number of ether oxygens (including phenoxy) is 1. The van der Waals surface area contributed by atoms with Crippen LogP contribution in [-0.4, -0.2) is 35.7 Å². The number of guanidine groups is 1. The van der Waals surface area contributed by atoms with E-state index in [4.69, 9.17) is 4.74 Å². The Kier molecular flexibility index (Phi) is 8.57. The molecule has 7 nitrogen and oxygen atoms in total. The molecule has 1 unspecified atom stereocenters. The number of aliphatic imine (C=N–C) groups is 1. The zero-order chi connectivity index (χ0) is 17.6. The maximum absolute atomic E-state index is 10.7. The molecule has 1 atom stereocenters. The lowest BCUT2D eigenvalue weighted by Gasteiger charge is -2.25. The minimum atomic E-state index is -0.400. The van der Waals surface area contributed by atoms with Crippen molar-refractivity contribution in [1.82, 2.24) is 10.6 Å². The summed E-state index contributed by atoms with van der Waals surface area (Å²) in [7, 11) is 0. The Labute approximate surface area is 165 Å². The third kappa shape index (κ3) is 8.00. The quantitative estimate of drug-likeness (QED) is 0.231. The molecule has 0 spiro atoms. The van der Waals surface area contributed by atoms with Crippen LogP contribution in [0.1, 0.15) is 39.2 Å². The predicted molar refractivity (Wildman–Crippen MR) is 110 cm³/mol. The highest BCUT2D eigenvalue weighted by Gasteiger charge is 2.17. The summed E-state index contributed by atoms with van der Waals surface area (Å²) < 4.78 is 5.62. The molecule has 0 saturated carbocycles. The van der Waals surface area contributed by atoms with Crippen LogP contribution in [0.15, 0.2) is 29.3 Å². The summed E-state index contributed by atoms with van der Waals surface area (Å²) in [5, 5.41) is 17.4. The zero-order valence-corrected chi connectivity index (χ0v) is 17.3. The van der Waals surface area contributed by atoms with Crippen LogP contribution in [0.5, 0.6) is 0 Å². The third-order valence-electron chi connectivity index (χ3n) is 3.58. The number of halogens is 1. The predicted octanol–water partition coefficient (Wildman–Crippen LogP) is 3.23. The zero-order valence-electron chi connectivity index (χ0n) is 14.9. The van der Waals surface area contributed by atoms with Crippen molar-refractivity contribution in [1.29, 1.82) is 0 Å². The van der Waals surface area contributed by atoms with Gasteiger partial charge in [0.25, 0.3) is 5.69 Å². The average molecular weight is 462 g/mol. The third-order valence-corrected chi connectivity index (χ3v) is 3.58. The molecule has 0 radical (unpaired) electrons. The molecule has 1 saturated heterocycles. The first kappa shape index (κ1) is 21.6. The summed E-state index contributed by atoms with van der Waals surface area (Å²) in [4.78, 5) is 14.9. The molecule has 1 aromatic rings. The van der Waals surface area contributed by atoms with Gasteiger partial charge in [-0.25, -0.2) is 4.99 Å². The molecule has 0 amide bonds. The highest BCUT2D eigenvalue weighted by atomic mass is 127. The molecule has 1 aliphatic rings. The molecule has 2 N–H and O–H groups in total. The Morgan fingerprint density at radius 3 is 2.56 bits per heavy atom. The minimum Gasteiger partial charge on any atom is -0.376 e. The van der Waals surface area contributed by atoms with Crippen molar-refractivity contribution in [2.75, 3.05) is 13.2 Å². The molecule has 0 aromatic heterocycles. The van der Waals surface area contributed by atoms with Crippen molar-refractivity contribution in [3.8, 4) is 0 Å². The van der Waals surface area contributed by atoms with Crippen molar-refractivity contribution in [2.45, 2.75) is 51.8 Å². The standard InChI is InChI=1S/C17H26N4O3.HI/c1-17(2,3)20-16(19-12-15-5-4-10-24-15)18-11-13-6-8-14(9-7-13)21(22)23;/h6-9,15H,4-5,10-12H2,1-3H3,(H2,18,19,20);1H. The molecule has 140 valence electrons. The van der Waals surface area contributed by atoms with Crippen LogP contribution < -0.4 is 10.6 Å². The summed E-state index contributed by atoms with van der Waals surface area (Å²) >= 11 is 0. The SMILES string of the molecule is CC(C)(C)NC(=NCc1ccc([N+](=O)[O-])cc1)NCC1CCCO1.I. The first-order valence-corrected chi connectivity index (χ1v) is 8.25. The lowest BCUT2D eigenvalue weighted by molar-refractivity contribution is -0.384. The molecule has 1 heterocycles. The average Bonchev–Trinajstić information content (AvgIpc) is 3.02. The number of benzene rings is 1. The van der Waals surface area contributed by atoms with Crippen molar-refractivity contribution in [3.05, 3.63) is 39.9 Å². The van der Waals surface area contributed by atoms with E-state index < -0.39 is 4.92 Å². The molecule has 2 rings (SSSR count). The fourth-order valence-electron chi connectivity index (χ4n) is 2.40. The summed E-state index contributed by atoms with van der Waals surface area (Å²) in [5.74, 6) is 0.719. The topological polar surface area (TPSA) is 88.8 Å². The summed E-state index contributed by atoms with van der Waals surface area (Å²) in [6, 6.07) is 6.47. The van der Waals surface area contributed by atoms with E-state index in [1.807, 2.05) is 0 Å². The van der Waals surface area contributed by atoms with Gasteiger partial charge in [-0.2, -0.15) is 0 Å². The first-order valence-electron chi connectivity index (χ1n) is 8.25. The van der Waals surface area contributed by atoms with Crippen molar-refractivity contribution in [2.24, 2.45) is 4.99 Å². The molecule has 25 heavy (non-hydrogen) atoms. The molecule has 8 heteroatoms. The molecular formula is C17H27IN4O3. The minimum absolute atomic E-state index is 0. The second-order valence-electron chi connectivity index (χ2n) is 6.98. The Hall–Kier alpha value is -1.42. The van der Waals surface area contributed by atoms with Crippen LogP contribution in [0, 0.1) is 10.1 Å². The van der Waals surface area contributed by atoms with Crippen LogP contribution in [-0.2, 0) is 11.3 Å². The number of nitrogens with zero attached hydrogens (tertiary/aromatic N) is 2. The molecule has 0 aliphatic carbocycles. The van der Waals surface area contributed by atoms with Crippen LogP contribution >= 0.6 is 24.0 Å². The Morgan fingerprint density at radius 2 is 2.04 bits per heavy atom. The van der Waals surface area contributed by atoms with Gasteiger partial charge < -0.3 is 15.4 Å². The number of hydrogen-bond acceptors (Lipinski definition) is 4. The number of nitro benzene ring substituents is 1. The highest BCUT2D eigenvalue weighted by Crippen LogP contribution is 2.13. The summed E-state index contributed by atoms with van der Waals surface area (Å²) in [5.41, 5.74) is 0.901. The van der Waals surface area contributed by atoms with E-state index in [0.717, 1.165) is 37.5 Å². The normalized spacial score (nSPS) is 17.7. The highest BCUT2D eigenvalue weighted by molar-refractivity contribution is 14.0. The Morgan fingerprint density at radius 1 is 1.36 bits per heavy atom.